The summed E-state index contributed by atoms with van der Waals surface area (Å²) in [5.74, 6) is 0.0959. The second-order valence-electron chi connectivity index (χ2n) is 7.69. The van der Waals surface area contributed by atoms with Gasteiger partial charge in [-0.1, -0.05) is 18.2 Å². The van der Waals surface area contributed by atoms with Crippen LogP contribution in [0.15, 0.2) is 49.3 Å². The summed E-state index contributed by atoms with van der Waals surface area (Å²) in [4.78, 5) is 23.0. The molecule has 0 unspecified atom stereocenters. The Morgan fingerprint density at radius 2 is 2.06 bits per heavy atom. The Kier molecular flexibility index (Phi) is 9.62. The first kappa shape index (κ1) is 26.6. The molecule has 186 valence electrons. The van der Waals surface area contributed by atoms with Crippen molar-refractivity contribution in [2.75, 3.05) is 50.1 Å². The van der Waals surface area contributed by atoms with Gasteiger partial charge < -0.3 is 20.1 Å². The van der Waals surface area contributed by atoms with Crippen molar-refractivity contribution < 1.29 is 18.7 Å². The van der Waals surface area contributed by atoms with Crippen LogP contribution in [0.5, 0.6) is 5.75 Å². The predicted molar refractivity (Wildman–Crippen MR) is 138 cm³/mol. The van der Waals surface area contributed by atoms with E-state index in [2.05, 4.69) is 32.1 Å². The van der Waals surface area contributed by atoms with Crippen molar-refractivity contribution in [1.29, 1.82) is 0 Å². The van der Waals surface area contributed by atoms with Gasteiger partial charge in [0, 0.05) is 36.8 Å². The number of fused-ring (bicyclic) bond motifs is 1. The molecule has 1 amide bonds. The second kappa shape index (κ2) is 12.6. The Bertz CT molecular complexity index is 1190. The fourth-order valence-corrected chi connectivity index (χ4v) is 3.77. The highest BCUT2D eigenvalue weighted by Gasteiger charge is 2.14. The van der Waals surface area contributed by atoms with Crippen LogP contribution in [0, 0.1) is 5.82 Å². The minimum Gasteiger partial charge on any atom is -0.491 e. The van der Waals surface area contributed by atoms with E-state index in [-0.39, 0.29) is 23.3 Å². The van der Waals surface area contributed by atoms with Crippen molar-refractivity contribution in [3.05, 3.63) is 60.2 Å². The number of anilines is 3. The molecule has 0 radical (unpaired) electrons. The normalized spacial score (nSPS) is 13.7. The number of benzene rings is 2. The fraction of sp³-hybridized carbons (Fsp3) is 0.292. The average Bonchev–Trinajstić information content (AvgIpc) is 2.85. The van der Waals surface area contributed by atoms with E-state index >= 15 is 0 Å². The number of hydrogen-bond acceptors (Lipinski definition) is 7. The summed E-state index contributed by atoms with van der Waals surface area (Å²) in [7, 11) is 0. The standard InChI is InChI=1S/C24H25ClFN5O3.ClH/c1-2-23(32)30-21-13-17-20(14-22(21)34-9-3-6-31-7-10-33-11-8-31)27-15-28-24(17)29-16-4-5-19(26)18(25)12-16;/h2,4-5,12-15H,1,3,6-11H2,(H,30,32)(H,27,28,29);1H. The molecule has 1 saturated heterocycles. The summed E-state index contributed by atoms with van der Waals surface area (Å²) < 4.78 is 24.9. The number of carbonyl (C=O) groups excluding carboxylic acids is 1. The van der Waals surface area contributed by atoms with Crippen LogP contribution < -0.4 is 15.4 Å². The van der Waals surface area contributed by atoms with Crippen LogP contribution in [0.4, 0.5) is 21.6 Å². The van der Waals surface area contributed by atoms with E-state index in [4.69, 9.17) is 21.1 Å². The minimum absolute atomic E-state index is 0. The number of carbonyl (C=O) groups is 1. The lowest BCUT2D eigenvalue weighted by molar-refractivity contribution is -0.111. The number of nitrogens with one attached hydrogen (secondary N) is 2. The molecule has 0 saturated carbocycles. The molecule has 1 aliphatic heterocycles. The SMILES string of the molecule is C=CC(=O)Nc1cc2c(Nc3ccc(F)c(Cl)c3)ncnc2cc1OCCCN1CCOCC1.Cl. The Morgan fingerprint density at radius 3 is 2.80 bits per heavy atom. The summed E-state index contributed by atoms with van der Waals surface area (Å²) in [6.45, 7) is 8.24. The summed E-state index contributed by atoms with van der Waals surface area (Å²) in [6.07, 6.45) is 3.43. The monoisotopic (exact) mass is 521 g/mol. The second-order valence-corrected chi connectivity index (χ2v) is 8.10. The van der Waals surface area contributed by atoms with Gasteiger partial charge in [0.15, 0.2) is 0 Å². The number of hydrogen-bond donors (Lipinski definition) is 2. The molecule has 2 heterocycles. The van der Waals surface area contributed by atoms with Crippen molar-refractivity contribution in [2.24, 2.45) is 0 Å². The molecule has 2 aromatic carbocycles. The van der Waals surface area contributed by atoms with Crippen molar-refractivity contribution in [3.63, 3.8) is 0 Å². The van der Waals surface area contributed by atoms with Crippen LogP contribution in [-0.4, -0.2) is 60.2 Å². The third-order valence-electron chi connectivity index (χ3n) is 5.34. The molecule has 1 fully saturated rings. The Hall–Kier alpha value is -2.98. The molecule has 35 heavy (non-hydrogen) atoms. The third kappa shape index (κ3) is 7.02. The van der Waals surface area contributed by atoms with Gasteiger partial charge in [-0.25, -0.2) is 14.4 Å². The largest absolute Gasteiger partial charge is 0.491 e. The summed E-state index contributed by atoms with van der Waals surface area (Å²) >= 11 is 5.90. The molecule has 0 atom stereocenters. The molecule has 2 N–H and O–H groups in total. The van der Waals surface area contributed by atoms with Gasteiger partial charge in [-0.2, -0.15) is 0 Å². The maximum absolute atomic E-state index is 13.5. The molecule has 0 bridgehead atoms. The molecule has 4 rings (SSSR count). The van der Waals surface area contributed by atoms with Gasteiger partial charge >= 0.3 is 0 Å². The van der Waals surface area contributed by atoms with E-state index in [0.29, 0.717) is 40.5 Å². The van der Waals surface area contributed by atoms with Crippen LogP contribution in [-0.2, 0) is 9.53 Å². The fourth-order valence-electron chi connectivity index (χ4n) is 3.59. The van der Waals surface area contributed by atoms with Gasteiger partial charge in [-0.3, -0.25) is 9.69 Å². The van der Waals surface area contributed by atoms with Gasteiger partial charge in [0.25, 0.3) is 0 Å². The first-order valence-corrected chi connectivity index (χ1v) is 11.3. The highest BCUT2D eigenvalue weighted by Crippen LogP contribution is 2.34. The van der Waals surface area contributed by atoms with E-state index < -0.39 is 5.82 Å². The van der Waals surface area contributed by atoms with Gasteiger partial charge in [0.2, 0.25) is 5.91 Å². The minimum atomic E-state index is -0.510. The zero-order valence-corrected chi connectivity index (χ0v) is 20.5. The lowest BCUT2D eigenvalue weighted by atomic mass is 10.1. The third-order valence-corrected chi connectivity index (χ3v) is 5.63. The number of morpholine rings is 1. The summed E-state index contributed by atoms with van der Waals surface area (Å²) in [6, 6.07) is 7.79. The first-order chi connectivity index (χ1) is 16.5. The number of ether oxygens (including phenoxy) is 2. The van der Waals surface area contributed by atoms with Crippen LogP contribution in [0.2, 0.25) is 5.02 Å². The highest BCUT2D eigenvalue weighted by molar-refractivity contribution is 6.31. The lowest BCUT2D eigenvalue weighted by Crippen LogP contribution is -2.37. The Labute approximate surface area is 213 Å². The number of rotatable bonds is 9. The summed E-state index contributed by atoms with van der Waals surface area (Å²) in [5, 5.41) is 6.55. The van der Waals surface area contributed by atoms with E-state index in [1.165, 1.54) is 24.5 Å². The van der Waals surface area contributed by atoms with Crippen LogP contribution >= 0.6 is 24.0 Å². The van der Waals surface area contributed by atoms with Gasteiger partial charge in [0.1, 0.15) is 23.7 Å². The molecule has 0 spiro atoms. The molecule has 8 nitrogen and oxygen atoms in total. The van der Waals surface area contributed by atoms with Crippen LogP contribution in [0.3, 0.4) is 0 Å². The number of halogens is 3. The maximum atomic E-state index is 13.5. The van der Waals surface area contributed by atoms with E-state index in [0.717, 1.165) is 39.3 Å². The molecule has 3 aromatic rings. The predicted octanol–water partition coefficient (Wildman–Crippen LogP) is 4.81. The zero-order chi connectivity index (χ0) is 23.9. The van der Waals surface area contributed by atoms with E-state index in [1.807, 2.05) is 0 Å². The summed E-state index contributed by atoms with van der Waals surface area (Å²) in [5.41, 5.74) is 1.65. The van der Waals surface area contributed by atoms with Crippen LogP contribution in [0.1, 0.15) is 6.42 Å². The quantitative estimate of drug-likeness (QED) is 0.308. The molecular weight excluding hydrogens is 496 g/mol. The molecule has 11 heteroatoms. The van der Waals surface area contributed by atoms with Gasteiger partial charge in [-0.15, -0.1) is 12.4 Å². The van der Waals surface area contributed by atoms with Crippen molar-refractivity contribution >= 4 is 58.0 Å². The maximum Gasteiger partial charge on any atom is 0.247 e. The highest BCUT2D eigenvalue weighted by atomic mass is 35.5. The molecule has 1 aromatic heterocycles. The lowest BCUT2D eigenvalue weighted by Gasteiger charge is -2.26. The van der Waals surface area contributed by atoms with Crippen molar-refractivity contribution in [3.8, 4) is 5.75 Å². The Balaban J connectivity index is 0.00000342. The van der Waals surface area contributed by atoms with Crippen molar-refractivity contribution in [2.45, 2.75) is 6.42 Å². The smallest absolute Gasteiger partial charge is 0.247 e. The molecular formula is C24H26Cl2FN5O3. The molecule has 0 aliphatic carbocycles. The van der Waals surface area contributed by atoms with Crippen molar-refractivity contribution in [1.82, 2.24) is 14.9 Å². The number of aromatic nitrogens is 2. The van der Waals surface area contributed by atoms with Gasteiger partial charge in [-0.05, 0) is 36.8 Å². The Morgan fingerprint density at radius 1 is 1.26 bits per heavy atom. The van der Waals surface area contributed by atoms with E-state index in [1.54, 1.807) is 18.2 Å². The van der Waals surface area contributed by atoms with Crippen LogP contribution in [0.25, 0.3) is 10.9 Å². The molecule has 1 aliphatic rings. The number of amides is 1. The van der Waals surface area contributed by atoms with E-state index in [9.17, 15) is 9.18 Å². The van der Waals surface area contributed by atoms with Gasteiger partial charge in [0.05, 0.1) is 36.0 Å². The zero-order valence-electron chi connectivity index (χ0n) is 18.9. The number of nitrogens with zero attached hydrogens (tertiary/aromatic N) is 3. The topological polar surface area (TPSA) is 88.6 Å². The first-order valence-electron chi connectivity index (χ1n) is 10.9. The average molecular weight is 522 g/mol.